The summed E-state index contributed by atoms with van der Waals surface area (Å²) in [4.78, 5) is 10.5. The molecule has 5 nitrogen and oxygen atoms in total. The van der Waals surface area contributed by atoms with Gasteiger partial charge in [-0.25, -0.2) is 4.63 Å². The Morgan fingerprint density at radius 2 is 2.07 bits per heavy atom. The van der Waals surface area contributed by atoms with Crippen molar-refractivity contribution in [3.8, 4) is 17.0 Å². The quantitative estimate of drug-likeness (QED) is 0.721. The Kier molecular flexibility index (Phi) is 1.98. The van der Waals surface area contributed by atoms with Gasteiger partial charge in [0, 0.05) is 5.56 Å². The van der Waals surface area contributed by atoms with E-state index in [-0.39, 0.29) is 17.1 Å². The molecule has 0 aliphatic carbocycles. The number of benzene rings is 1. The first-order valence-corrected chi connectivity index (χ1v) is 3.89. The fourth-order valence-electron chi connectivity index (χ4n) is 1.13. The summed E-state index contributed by atoms with van der Waals surface area (Å²) >= 11 is 0. The van der Waals surface area contributed by atoms with Crippen molar-refractivity contribution in [2.24, 2.45) is 0 Å². The summed E-state index contributed by atoms with van der Waals surface area (Å²) in [6.07, 6.45) is 0.526. The molecule has 0 fully saturated rings. The van der Waals surface area contributed by atoms with Crippen LogP contribution in [-0.4, -0.2) is 21.7 Å². The van der Waals surface area contributed by atoms with E-state index in [9.17, 15) is 9.90 Å². The maximum absolute atomic E-state index is 10.5. The van der Waals surface area contributed by atoms with Crippen LogP contribution >= 0.6 is 0 Å². The minimum atomic E-state index is 0.0336. The van der Waals surface area contributed by atoms with Crippen LogP contribution < -0.4 is 0 Å². The van der Waals surface area contributed by atoms with Crippen molar-refractivity contribution in [3.05, 3.63) is 30.0 Å². The van der Waals surface area contributed by atoms with Gasteiger partial charge in [0.15, 0.2) is 12.0 Å². The van der Waals surface area contributed by atoms with Gasteiger partial charge in [-0.2, -0.15) is 0 Å². The minimum Gasteiger partial charge on any atom is -0.507 e. The Hall–Kier alpha value is -2.17. The highest BCUT2D eigenvalue weighted by Gasteiger charge is 2.13. The second-order valence-corrected chi connectivity index (χ2v) is 2.63. The normalized spacial score (nSPS) is 10.0. The number of hydrogen-bond acceptors (Lipinski definition) is 5. The fourth-order valence-corrected chi connectivity index (χ4v) is 1.13. The number of carbonyl (C=O) groups is 1. The van der Waals surface area contributed by atoms with Crippen molar-refractivity contribution < 1.29 is 14.5 Å². The molecule has 1 heterocycles. The topological polar surface area (TPSA) is 76.2 Å². The number of phenolic OH excluding ortho intramolecular Hbond substituents is 1. The number of nitrogens with zero attached hydrogens (tertiary/aromatic N) is 2. The molecule has 2 aromatic rings. The molecule has 0 atom stereocenters. The van der Waals surface area contributed by atoms with E-state index in [2.05, 4.69) is 14.9 Å². The molecule has 0 amide bonds. The summed E-state index contributed by atoms with van der Waals surface area (Å²) in [5, 5.41) is 16.4. The summed E-state index contributed by atoms with van der Waals surface area (Å²) in [6, 6.07) is 6.52. The summed E-state index contributed by atoms with van der Waals surface area (Å²) in [7, 11) is 0. The third-order valence-corrected chi connectivity index (χ3v) is 1.78. The van der Waals surface area contributed by atoms with E-state index in [1.807, 2.05) is 0 Å². The molecule has 2 rings (SSSR count). The van der Waals surface area contributed by atoms with Gasteiger partial charge in [0.25, 0.3) is 0 Å². The van der Waals surface area contributed by atoms with Gasteiger partial charge in [-0.3, -0.25) is 4.79 Å². The number of carbonyl (C=O) groups excluding carboxylic acids is 1. The predicted octanol–water partition coefficient (Wildman–Crippen LogP) is 1.25. The first kappa shape index (κ1) is 8.43. The van der Waals surface area contributed by atoms with Crippen LogP contribution in [0.2, 0.25) is 0 Å². The Morgan fingerprint density at radius 1 is 1.29 bits per heavy atom. The molecule has 5 heteroatoms. The van der Waals surface area contributed by atoms with Crippen molar-refractivity contribution in [1.82, 2.24) is 10.3 Å². The van der Waals surface area contributed by atoms with Gasteiger partial charge < -0.3 is 5.11 Å². The van der Waals surface area contributed by atoms with E-state index in [0.29, 0.717) is 11.8 Å². The van der Waals surface area contributed by atoms with Gasteiger partial charge >= 0.3 is 0 Å². The summed E-state index contributed by atoms with van der Waals surface area (Å²) in [5.41, 5.74) is 0.750. The Morgan fingerprint density at radius 3 is 2.79 bits per heavy atom. The number of hydrogen-bond donors (Lipinski definition) is 1. The highest BCUT2D eigenvalue weighted by atomic mass is 16.6. The van der Waals surface area contributed by atoms with Crippen molar-refractivity contribution in [1.29, 1.82) is 0 Å². The van der Waals surface area contributed by atoms with Crippen LogP contribution in [0.5, 0.6) is 5.75 Å². The number of aromatic hydroxyl groups is 1. The maximum Gasteiger partial charge on any atom is 0.175 e. The Bertz CT molecular complexity index is 465. The van der Waals surface area contributed by atoms with Crippen molar-refractivity contribution in [2.45, 2.75) is 0 Å². The molecular weight excluding hydrogens is 184 g/mol. The van der Waals surface area contributed by atoms with E-state index < -0.39 is 0 Å². The van der Waals surface area contributed by atoms with Crippen LogP contribution in [0.3, 0.4) is 0 Å². The largest absolute Gasteiger partial charge is 0.507 e. The lowest BCUT2D eigenvalue weighted by Crippen LogP contribution is -1.85. The monoisotopic (exact) mass is 190 g/mol. The molecule has 1 aromatic heterocycles. The first-order chi connectivity index (χ1) is 6.83. The first-order valence-electron chi connectivity index (χ1n) is 3.89. The average molecular weight is 190 g/mol. The van der Waals surface area contributed by atoms with Crippen LogP contribution in [0.1, 0.15) is 10.5 Å². The Balaban J connectivity index is 2.60. The molecular formula is C9H6N2O3. The van der Waals surface area contributed by atoms with Gasteiger partial charge in [0.1, 0.15) is 11.4 Å². The lowest BCUT2D eigenvalue weighted by molar-refractivity contribution is 0.111. The number of aldehydes is 1. The van der Waals surface area contributed by atoms with Crippen LogP contribution in [0.4, 0.5) is 0 Å². The smallest absolute Gasteiger partial charge is 0.175 e. The van der Waals surface area contributed by atoms with Crippen molar-refractivity contribution in [3.63, 3.8) is 0 Å². The zero-order valence-electron chi connectivity index (χ0n) is 7.04. The van der Waals surface area contributed by atoms with E-state index in [1.54, 1.807) is 18.2 Å². The van der Waals surface area contributed by atoms with Crippen molar-refractivity contribution in [2.75, 3.05) is 0 Å². The summed E-state index contributed by atoms with van der Waals surface area (Å²) in [6.45, 7) is 0. The number of para-hydroxylation sites is 1. The zero-order chi connectivity index (χ0) is 9.97. The van der Waals surface area contributed by atoms with Crippen LogP contribution in [0, 0.1) is 0 Å². The van der Waals surface area contributed by atoms with Gasteiger partial charge in [-0.05, 0) is 22.4 Å². The van der Waals surface area contributed by atoms with Crippen LogP contribution in [0.25, 0.3) is 11.3 Å². The molecule has 0 aliphatic heterocycles. The molecule has 70 valence electrons. The molecule has 0 aliphatic rings. The third-order valence-electron chi connectivity index (χ3n) is 1.78. The van der Waals surface area contributed by atoms with Crippen LogP contribution in [0.15, 0.2) is 28.9 Å². The predicted molar refractivity (Wildman–Crippen MR) is 46.8 cm³/mol. The SMILES string of the molecule is O=Cc1nonc1-c1ccccc1O. The van der Waals surface area contributed by atoms with Crippen LogP contribution in [-0.2, 0) is 0 Å². The van der Waals surface area contributed by atoms with Gasteiger partial charge in [-0.15, -0.1) is 0 Å². The lowest BCUT2D eigenvalue weighted by atomic mass is 10.1. The number of rotatable bonds is 2. The molecule has 1 N–H and O–H groups in total. The second-order valence-electron chi connectivity index (χ2n) is 2.63. The highest BCUT2D eigenvalue weighted by molar-refractivity contribution is 5.84. The molecule has 0 saturated carbocycles. The number of phenols is 1. The lowest BCUT2D eigenvalue weighted by Gasteiger charge is -1.98. The number of aromatic nitrogens is 2. The van der Waals surface area contributed by atoms with Crippen molar-refractivity contribution >= 4 is 6.29 Å². The molecule has 0 saturated heterocycles. The maximum atomic E-state index is 10.5. The average Bonchev–Trinajstić information content (AvgIpc) is 2.66. The summed E-state index contributed by atoms with van der Waals surface area (Å²) < 4.78 is 4.40. The standard InChI is InChI=1S/C9H6N2O3/c12-5-7-9(11-14-10-7)6-3-1-2-4-8(6)13/h1-5,13H. The van der Waals surface area contributed by atoms with Gasteiger partial charge in [-0.1, -0.05) is 12.1 Å². The second kappa shape index (κ2) is 3.29. The van der Waals surface area contributed by atoms with E-state index in [0.717, 1.165) is 0 Å². The molecule has 0 spiro atoms. The fraction of sp³-hybridized carbons (Fsp3) is 0. The molecule has 1 aromatic carbocycles. The molecule has 0 bridgehead atoms. The minimum absolute atomic E-state index is 0.0336. The van der Waals surface area contributed by atoms with E-state index in [1.165, 1.54) is 6.07 Å². The molecule has 0 radical (unpaired) electrons. The Labute approximate surface area is 78.9 Å². The molecule has 14 heavy (non-hydrogen) atoms. The molecule has 0 unspecified atom stereocenters. The summed E-state index contributed by atoms with van der Waals surface area (Å²) in [5.74, 6) is 0.0336. The van der Waals surface area contributed by atoms with Gasteiger partial charge in [0.05, 0.1) is 0 Å². The van der Waals surface area contributed by atoms with E-state index in [4.69, 9.17) is 0 Å². The highest BCUT2D eigenvalue weighted by Crippen LogP contribution is 2.28. The van der Waals surface area contributed by atoms with Gasteiger partial charge in [0.2, 0.25) is 0 Å². The third kappa shape index (κ3) is 1.24. The zero-order valence-corrected chi connectivity index (χ0v) is 7.04. The van der Waals surface area contributed by atoms with E-state index >= 15 is 0 Å².